The molecule has 1 unspecified atom stereocenters. The molecule has 0 fully saturated rings. The zero-order chi connectivity index (χ0) is 11.8. The van der Waals surface area contributed by atoms with Crippen molar-refractivity contribution in [2.75, 3.05) is 19.0 Å². The summed E-state index contributed by atoms with van der Waals surface area (Å²) in [6, 6.07) is 8.56. The third-order valence-corrected chi connectivity index (χ3v) is 4.00. The zero-order valence-corrected chi connectivity index (χ0v) is 12.8. The van der Waals surface area contributed by atoms with Crippen LogP contribution in [0.4, 0.5) is 0 Å². The third-order valence-electron chi connectivity index (χ3n) is 2.59. The maximum atomic E-state index is 5.08. The summed E-state index contributed by atoms with van der Waals surface area (Å²) >= 11 is 7.10. The van der Waals surface area contributed by atoms with Crippen LogP contribution >= 0.6 is 31.9 Å². The molecule has 1 nitrogen and oxygen atoms in total. The Hall–Kier alpha value is 0.140. The molecule has 1 aromatic rings. The molecule has 0 aliphatic carbocycles. The first-order chi connectivity index (χ1) is 7.76. The van der Waals surface area contributed by atoms with Gasteiger partial charge in [0.25, 0.3) is 0 Å². The van der Waals surface area contributed by atoms with Gasteiger partial charge in [-0.2, -0.15) is 0 Å². The molecule has 16 heavy (non-hydrogen) atoms. The van der Waals surface area contributed by atoms with Crippen molar-refractivity contribution >= 4 is 31.9 Å². The van der Waals surface area contributed by atoms with Gasteiger partial charge in [-0.3, -0.25) is 0 Å². The monoisotopic (exact) mass is 348 g/mol. The number of alkyl halides is 1. The Labute approximate surface area is 115 Å². The van der Waals surface area contributed by atoms with Gasteiger partial charge < -0.3 is 4.74 Å². The largest absolute Gasteiger partial charge is 0.385 e. The van der Waals surface area contributed by atoms with Crippen molar-refractivity contribution in [1.82, 2.24) is 0 Å². The lowest BCUT2D eigenvalue weighted by Crippen LogP contribution is -2.07. The topological polar surface area (TPSA) is 9.23 Å². The number of ether oxygens (including phenoxy) is 1. The number of benzene rings is 1. The van der Waals surface area contributed by atoms with Gasteiger partial charge in [0.2, 0.25) is 0 Å². The first kappa shape index (κ1) is 14.2. The number of hydrogen-bond donors (Lipinski definition) is 0. The Balaban J connectivity index is 2.43. The highest BCUT2D eigenvalue weighted by atomic mass is 79.9. The quantitative estimate of drug-likeness (QED) is 0.522. The average Bonchev–Trinajstić information content (AvgIpc) is 2.28. The third kappa shape index (κ3) is 5.46. The maximum absolute atomic E-state index is 5.08. The highest BCUT2D eigenvalue weighted by molar-refractivity contribution is 9.10. The molecule has 0 aliphatic heterocycles. The minimum atomic E-state index is 0.699. The second kappa shape index (κ2) is 8.26. The molecule has 1 rings (SSSR count). The molecular formula is C13H18Br2O. The smallest absolute Gasteiger partial charge is 0.0462 e. The Kier molecular flexibility index (Phi) is 7.33. The van der Waals surface area contributed by atoms with Gasteiger partial charge >= 0.3 is 0 Å². The highest BCUT2D eigenvalue weighted by Crippen LogP contribution is 2.19. The van der Waals surface area contributed by atoms with Gasteiger partial charge in [0.05, 0.1) is 0 Å². The van der Waals surface area contributed by atoms with Gasteiger partial charge in [-0.1, -0.05) is 44.0 Å². The van der Waals surface area contributed by atoms with Crippen molar-refractivity contribution in [3.8, 4) is 0 Å². The first-order valence-corrected chi connectivity index (χ1v) is 7.47. The van der Waals surface area contributed by atoms with E-state index in [4.69, 9.17) is 4.74 Å². The van der Waals surface area contributed by atoms with Crippen molar-refractivity contribution in [2.45, 2.75) is 19.3 Å². The second-order valence-electron chi connectivity index (χ2n) is 3.99. The van der Waals surface area contributed by atoms with Crippen LogP contribution in [0, 0.1) is 5.92 Å². The van der Waals surface area contributed by atoms with E-state index < -0.39 is 0 Å². The Morgan fingerprint density at radius 3 is 2.81 bits per heavy atom. The molecule has 3 heteroatoms. The lowest BCUT2D eigenvalue weighted by atomic mass is 9.97. The molecule has 0 spiro atoms. The van der Waals surface area contributed by atoms with Gasteiger partial charge in [-0.15, -0.1) is 0 Å². The molecule has 0 bridgehead atoms. The van der Waals surface area contributed by atoms with Crippen LogP contribution in [0.15, 0.2) is 28.7 Å². The van der Waals surface area contributed by atoms with E-state index in [1.807, 2.05) is 0 Å². The molecular weight excluding hydrogens is 332 g/mol. The van der Waals surface area contributed by atoms with E-state index in [0.717, 1.165) is 29.3 Å². The predicted molar refractivity (Wildman–Crippen MR) is 76.2 cm³/mol. The molecule has 0 saturated heterocycles. The standard InChI is InChI=1S/C13H18Br2O/c1-16-7-3-5-12(10-14)8-11-4-2-6-13(15)9-11/h2,4,6,9,12H,3,5,7-8,10H2,1H3. The molecule has 0 amide bonds. The van der Waals surface area contributed by atoms with Crippen LogP contribution in [0.5, 0.6) is 0 Å². The van der Waals surface area contributed by atoms with Gasteiger partial charge in [-0.25, -0.2) is 0 Å². The van der Waals surface area contributed by atoms with Gasteiger partial charge in [0, 0.05) is 23.5 Å². The zero-order valence-electron chi connectivity index (χ0n) is 9.59. The maximum Gasteiger partial charge on any atom is 0.0462 e. The number of rotatable bonds is 7. The van der Waals surface area contributed by atoms with E-state index >= 15 is 0 Å². The SMILES string of the molecule is COCCCC(CBr)Cc1cccc(Br)c1. The van der Waals surface area contributed by atoms with Crippen LogP contribution < -0.4 is 0 Å². The fourth-order valence-electron chi connectivity index (χ4n) is 1.75. The lowest BCUT2D eigenvalue weighted by Gasteiger charge is -2.13. The van der Waals surface area contributed by atoms with Gasteiger partial charge in [0.15, 0.2) is 0 Å². The minimum Gasteiger partial charge on any atom is -0.385 e. The number of hydrogen-bond acceptors (Lipinski definition) is 1. The van der Waals surface area contributed by atoms with Crippen LogP contribution in [0.2, 0.25) is 0 Å². The fraction of sp³-hybridized carbons (Fsp3) is 0.538. The van der Waals surface area contributed by atoms with E-state index in [0.29, 0.717) is 5.92 Å². The summed E-state index contributed by atoms with van der Waals surface area (Å²) in [5.74, 6) is 0.699. The molecule has 0 aromatic heterocycles. The van der Waals surface area contributed by atoms with Crippen LogP contribution in [0.25, 0.3) is 0 Å². The Morgan fingerprint density at radius 1 is 1.38 bits per heavy atom. The van der Waals surface area contributed by atoms with Gasteiger partial charge in [-0.05, 0) is 42.9 Å². The highest BCUT2D eigenvalue weighted by Gasteiger charge is 2.08. The normalized spacial score (nSPS) is 12.7. The van der Waals surface area contributed by atoms with E-state index in [2.05, 4.69) is 56.1 Å². The van der Waals surface area contributed by atoms with E-state index in [-0.39, 0.29) is 0 Å². The summed E-state index contributed by atoms with van der Waals surface area (Å²) in [6.45, 7) is 0.863. The predicted octanol–water partition coefficient (Wildman–Crippen LogP) is 4.43. The summed E-state index contributed by atoms with van der Waals surface area (Å²) in [7, 11) is 1.76. The minimum absolute atomic E-state index is 0.699. The van der Waals surface area contributed by atoms with Crippen LogP contribution in [0.3, 0.4) is 0 Å². The number of methoxy groups -OCH3 is 1. The van der Waals surface area contributed by atoms with Gasteiger partial charge in [0.1, 0.15) is 0 Å². The molecule has 0 radical (unpaired) electrons. The summed E-state index contributed by atoms with van der Waals surface area (Å²) < 4.78 is 6.25. The second-order valence-corrected chi connectivity index (χ2v) is 5.55. The van der Waals surface area contributed by atoms with Crippen molar-refractivity contribution in [3.05, 3.63) is 34.3 Å². The Morgan fingerprint density at radius 2 is 2.19 bits per heavy atom. The molecule has 0 heterocycles. The summed E-state index contributed by atoms with van der Waals surface area (Å²) in [5, 5.41) is 1.06. The molecule has 0 N–H and O–H groups in total. The average molecular weight is 350 g/mol. The molecule has 1 atom stereocenters. The first-order valence-electron chi connectivity index (χ1n) is 5.55. The summed E-state index contributed by atoms with van der Waals surface area (Å²) in [5.41, 5.74) is 1.40. The molecule has 1 aromatic carbocycles. The molecule has 0 aliphatic rings. The van der Waals surface area contributed by atoms with Crippen molar-refractivity contribution in [2.24, 2.45) is 5.92 Å². The van der Waals surface area contributed by atoms with Crippen LogP contribution in [-0.2, 0) is 11.2 Å². The van der Waals surface area contributed by atoms with E-state index in [1.54, 1.807) is 7.11 Å². The van der Waals surface area contributed by atoms with E-state index in [9.17, 15) is 0 Å². The summed E-state index contributed by atoms with van der Waals surface area (Å²) in [4.78, 5) is 0. The lowest BCUT2D eigenvalue weighted by molar-refractivity contribution is 0.188. The fourth-order valence-corrected chi connectivity index (χ4v) is 2.75. The van der Waals surface area contributed by atoms with Crippen molar-refractivity contribution < 1.29 is 4.74 Å². The van der Waals surface area contributed by atoms with Crippen molar-refractivity contribution in [3.63, 3.8) is 0 Å². The molecule has 0 saturated carbocycles. The number of halogens is 2. The molecule has 90 valence electrons. The summed E-state index contributed by atoms with van der Waals surface area (Å²) in [6.07, 6.45) is 3.49. The van der Waals surface area contributed by atoms with Crippen molar-refractivity contribution in [1.29, 1.82) is 0 Å². The van der Waals surface area contributed by atoms with Crippen LogP contribution in [0.1, 0.15) is 18.4 Å². The Bertz CT molecular complexity index is 302. The van der Waals surface area contributed by atoms with Crippen LogP contribution in [-0.4, -0.2) is 19.0 Å². The van der Waals surface area contributed by atoms with E-state index in [1.165, 1.54) is 12.0 Å².